The van der Waals surface area contributed by atoms with Crippen molar-refractivity contribution < 1.29 is 0 Å². The van der Waals surface area contributed by atoms with Gasteiger partial charge in [-0.05, 0) is 119 Å². The molecule has 0 aliphatic heterocycles. The first kappa shape index (κ1) is 40.0. The van der Waals surface area contributed by atoms with E-state index in [9.17, 15) is 0 Å². The van der Waals surface area contributed by atoms with Crippen LogP contribution in [0.2, 0.25) is 0 Å². The maximum atomic E-state index is 4.46. The van der Waals surface area contributed by atoms with E-state index >= 15 is 0 Å². The topological polar surface area (TPSA) is 19.4 Å². The van der Waals surface area contributed by atoms with Gasteiger partial charge in [0.2, 0.25) is 0 Å². The zero-order chi connectivity index (χ0) is 45.0. The zero-order valence-corrected chi connectivity index (χ0v) is 38.5. The fraction of sp³-hybridized carbons (Fsp3) is 0. The molecule has 3 nitrogen and oxygen atoms in total. The average molecular weight is 904 g/mol. The van der Waals surface area contributed by atoms with Crippen LogP contribution in [0.5, 0.6) is 0 Å². The molecule has 3 aromatic heterocycles. The smallest absolute Gasteiger partial charge is 0.0475 e. The molecule has 0 saturated carbocycles. The van der Waals surface area contributed by atoms with Gasteiger partial charge in [-0.2, -0.15) is 0 Å². The zero-order valence-electron chi connectivity index (χ0n) is 36.8. The van der Waals surface area contributed by atoms with Crippen molar-refractivity contribution in [2.75, 3.05) is 9.80 Å². The van der Waals surface area contributed by atoms with Gasteiger partial charge in [-0.15, -0.1) is 22.7 Å². The van der Waals surface area contributed by atoms with E-state index in [4.69, 9.17) is 0 Å². The summed E-state index contributed by atoms with van der Waals surface area (Å²) >= 11 is 3.74. The van der Waals surface area contributed by atoms with Crippen LogP contribution in [0.4, 0.5) is 34.1 Å². The number of hydrogen-bond donors (Lipinski definition) is 0. The molecule has 0 bridgehead atoms. The van der Waals surface area contributed by atoms with Gasteiger partial charge >= 0.3 is 0 Å². The van der Waals surface area contributed by atoms with Crippen LogP contribution in [0.1, 0.15) is 0 Å². The van der Waals surface area contributed by atoms with E-state index in [1.807, 2.05) is 35.1 Å². The number of hydrogen-bond acceptors (Lipinski definition) is 5. The third-order valence-corrected chi connectivity index (χ3v) is 15.5. The Kier molecular flexibility index (Phi) is 9.89. The fourth-order valence-electron chi connectivity index (χ4n) is 9.83. The molecule has 68 heavy (non-hydrogen) atoms. The molecule has 13 rings (SSSR count). The van der Waals surface area contributed by atoms with Crippen molar-refractivity contribution in [1.82, 2.24) is 4.98 Å². The molecule has 0 N–H and O–H groups in total. The molecule has 10 aromatic carbocycles. The van der Waals surface area contributed by atoms with Crippen molar-refractivity contribution in [2.45, 2.75) is 0 Å². The molecule has 0 saturated heterocycles. The minimum atomic E-state index is 1.09. The number of pyridine rings is 1. The van der Waals surface area contributed by atoms with Crippen molar-refractivity contribution in [3.05, 3.63) is 249 Å². The lowest BCUT2D eigenvalue weighted by atomic mass is 9.96. The molecular formula is C63H41N3S2. The number of fused-ring (bicyclic) bond motifs is 7. The maximum Gasteiger partial charge on any atom is 0.0475 e. The average Bonchev–Trinajstić information content (AvgIpc) is 3.98. The van der Waals surface area contributed by atoms with Gasteiger partial charge in [-0.1, -0.05) is 146 Å². The summed E-state index contributed by atoms with van der Waals surface area (Å²) in [7, 11) is 0. The molecule has 0 amide bonds. The van der Waals surface area contributed by atoms with Gasteiger partial charge < -0.3 is 9.80 Å². The SMILES string of the molecule is c1ccc(N(c2ccccc2)c2cc(-c3ccc(-c4ccc(-c5cc(N(c6ccccc6)c6ccc7ccncc7c6)cc6c5sc5ccccc56)cc4)cc3)c3sc4ccccc4c3c2)cc1. The van der Waals surface area contributed by atoms with Gasteiger partial charge in [0.25, 0.3) is 0 Å². The lowest BCUT2D eigenvalue weighted by molar-refractivity contribution is 1.29. The molecule has 5 heteroatoms. The van der Waals surface area contributed by atoms with Gasteiger partial charge in [0.15, 0.2) is 0 Å². The van der Waals surface area contributed by atoms with Crippen molar-refractivity contribution >= 4 is 108 Å². The van der Waals surface area contributed by atoms with Crippen LogP contribution in [0.15, 0.2) is 249 Å². The molecule has 0 aliphatic rings. The first-order chi connectivity index (χ1) is 33.7. The molecule has 320 valence electrons. The quantitative estimate of drug-likeness (QED) is 0.144. The van der Waals surface area contributed by atoms with E-state index in [-0.39, 0.29) is 0 Å². The van der Waals surface area contributed by atoms with E-state index in [0.29, 0.717) is 0 Å². The fourth-order valence-corrected chi connectivity index (χ4v) is 12.3. The molecule has 13 aromatic rings. The number of aromatic nitrogens is 1. The lowest BCUT2D eigenvalue weighted by Gasteiger charge is -2.26. The summed E-state index contributed by atoms with van der Waals surface area (Å²) in [5.74, 6) is 0. The van der Waals surface area contributed by atoms with Crippen LogP contribution in [-0.4, -0.2) is 4.98 Å². The number of anilines is 6. The third-order valence-electron chi connectivity index (χ3n) is 13.1. The van der Waals surface area contributed by atoms with Crippen molar-refractivity contribution in [2.24, 2.45) is 0 Å². The van der Waals surface area contributed by atoms with Crippen LogP contribution in [-0.2, 0) is 0 Å². The molecule has 0 fully saturated rings. The summed E-state index contributed by atoms with van der Waals surface area (Å²) < 4.78 is 5.16. The van der Waals surface area contributed by atoms with Crippen molar-refractivity contribution in [3.8, 4) is 33.4 Å². The highest BCUT2D eigenvalue weighted by molar-refractivity contribution is 7.26. The Balaban J connectivity index is 0.902. The Morgan fingerprint density at radius 3 is 1.21 bits per heavy atom. The second-order valence-electron chi connectivity index (χ2n) is 17.2. The second kappa shape index (κ2) is 16.8. The number of thiophene rings is 2. The number of benzene rings is 10. The highest BCUT2D eigenvalue weighted by Crippen LogP contribution is 2.48. The van der Waals surface area contributed by atoms with E-state index < -0.39 is 0 Å². The molecule has 0 atom stereocenters. The van der Waals surface area contributed by atoms with E-state index in [2.05, 4.69) is 251 Å². The first-order valence-electron chi connectivity index (χ1n) is 22.9. The molecule has 0 unspecified atom stereocenters. The number of nitrogens with zero attached hydrogens (tertiary/aromatic N) is 3. The van der Waals surface area contributed by atoms with Gasteiger partial charge in [-0.3, -0.25) is 4.98 Å². The maximum absolute atomic E-state index is 4.46. The summed E-state index contributed by atoms with van der Waals surface area (Å²) in [5.41, 5.74) is 13.9. The van der Waals surface area contributed by atoms with Crippen LogP contribution in [0.25, 0.3) is 84.5 Å². The lowest BCUT2D eigenvalue weighted by Crippen LogP contribution is -2.10. The van der Waals surface area contributed by atoms with E-state index in [0.717, 1.165) is 39.5 Å². The normalized spacial score (nSPS) is 11.5. The summed E-state index contributed by atoms with van der Waals surface area (Å²) in [5, 5.41) is 7.36. The number of rotatable bonds is 9. The summed E-state index contributed by atoms with van der Waals surface area (Å²) in [4.78, 5) is 9.20. The third kappa shape index (κ3) is 7.08. The number of para-hydroxylation sites is 3. The highest BCUT2D eigenvalue weighted by Gasteiger charge is 2.21. The van der Waals surface area contributed by atoms with Crippen molar-refractivity contribution in [1.29, 1.82) is 0 Å². The van der Waals surface area contributed by atoms with Crippen molar-refractivity contribution in [3.63, 3.8) is 0 Å². The largest absolute Gasteiger partial charge is 0.310 e. The predicted octanol–water partition coefficient (Wildman–Crippen LogP) is 18.9. The molecule has 3 heterocycles. The van der Waals surface area contributed by atoms with Gasteiger partial charge in [0, 0.05) is 103 Å². The Hall–Kier alpha value is -8.35. The van der Waals surface area contributed by atoms with Crippen LogP contribution >= 0.6 is 22.7 Å². The van der Waals surface area contributed by atoms with Crippen LogP contribution in [0.3, 0.4) is 0 Å². The minimum Gasteiger partial charge on any atom is -0.310 e. The molecule has 0 spiro atoms. The summed E-state index contributed by atoms with van der Waals surface area (Å²) in [6.07, 6.45) is 3.81. The molecule has 0 aliphatic carbocycles. The Bertz CT molecular complexity index is 3920. The van der Waals surface area contributed by atoms with Crippen LogP contribution < -0.4 is 9.80 Å². The van der Waals surface area contributed by atoms with Gasteiger partial charge in [0.1, 0.15) is 0 Å². The standard InChI is InChI=1S/C63H41N3S2/c1-4-14-48(15-5-1)65(49-16-6-2-7-17-49)52-37-56(62-58(39-52)54-20-10-12-22-60(54)67-62)45-28-24-42(25-29-45)43-26-30-46(31-27-43)57-38-53(40-59-55-21-11-13-23-61(55)68-63(57)59)66(50-18-8-3-9-19-50)51-33-32-44-34-35-64-41-47(44)36-51/h1-41H. The molecule has 0 radical (unpaired) electrons. The highest BCUT2D eigenvalue weighted by atomic mass is 32.1. The molecular weight excluding hydrogens is 863 g/mol. The minimum absolute atomic E-state index is 1.09. The van der Waals surface area contributed by atoms with E-state index in [1.54, 1.807) is 0 Å². The van der Waals surface area contributed by atoms with Gasteiger partial charge in [-0.25, -0.2) is 0 Å². The first-order valence-corrected chi connectivity index (χ1v) is 24.5. The van der Waals surface area contributed by atoms with Crippen LogP contribution in [0, 0.1) is 0 Å². The second-order valence-corrected chi connectivity index (χ2v) is 19.3. The Morgan fingerprint density at radius 2 is 0.721 bits per heavy atom. The monoisotopic (exact) mass is 903 g/mol. The summed E-state index contributed by atoms with van der Waals surface area (Å²) in [6.45, 7) is 0. The Labute approximate surface area is 402 Å². The Morgan fingerprint density at radius 1 is 0.294 bits per heavy atom. The van der Waals surface area contributed by atoms with Gasteiger partial charge in [0.05, 0.1) is 0 Å². The summed E-state index contributed by atoms with van der Waals surface area (Å²) in [6, 6.07) is 86.2. The predicted molar refractivity (Wildman–Crippen MR) is 293 cm³/mol. The van der Waals surface area contributed by atoms with E-state index in [1.165, 1.54) is 79.1 Å².